The van der Waals surface area contributed by atoms with Crippen molar-refractivity contribution < 1.29 is 36.3 Å². The minimum absolute atomic E-state index is 0.137. The molecule has 0 bridgehead atoms. The van der Waals surface area contributed by atoms with Gasteiger partial charge in [0.2, 0.25) is 5.82 Å². The Labute approximate surface area is 150 Å². The molecule has 9 heteroatoms. The third kappa shape index (κ3) is 4.62. The van der Waals surface area contributed by atoms with E-state index in [1.54, 1.807) is 0 Å². The highest BCUT2D eigenvalue weighted by molar-refractivity contribution is 6.75. The van der Waals surface area contributed by atoms with Crippen LogP contribution in [0.4, 0.5) is 22.0 Å². The molecule has 0 saturated heterocycles. The molecule has 1 rings (SSSR count). The first-order valence-corrected chi connectivity index (χ1v) is 10.7. The molecule has 26 heavy (non-hydrogen) atoms. The van der Waals surface area contributed by atoms with E-state index in [9.17, 15) is 31.5 Å². The van der Waals surface area contributed by atoms with Crippen LogP contribution in [0.2, 0.25) is 17.1 Å². The fraction of sp³-hybridized carbons (Fsp3) is 0.588. The Morgan fingerprint density at radius 3 is 1.73 bits per heavy atom. The van der Waals surface area contributed by atoms with Gasteiger partial charge in [-0.05, 0) is 23.5 Å². The highest BCUT2D eigenvalue weighted by atomic mass is 28.4. The van der Waals surface area contributed by atoms with Crippen LogP contribution < -0.4 is 0 Å². The molecule has 1 aromatic carbocycles. The smallest absolute Gasteiger partial charge is 0.344 e. The van der Waals surface area contributed by atoms with Crippen molar-refractivity contribution >= 4 is 14.3 Å². The molecule has 0 atom stereocenters. The second-order valence-electron chi connectivity index (χ2n) is 6.84. The van der Waals surface area contributed by atoms with Gasteiger partial charge >= 0.3 is 5.97 Å². The summed E-state index contributed by atoms with van der Waals surface area (Å²) in [6, 6.07) is 0.558. The molecule has 0 spiro atoms. The Hall–Kier alpha value is -1.48. The normalized spacial score (nSPS) is 12.2. The number of carbonyl (C=O) groups excluding carboxylic acids is 1. The van der Waals surface area contributed by atoms with Crippen molar-refractivity contribution in [2.45, 2.75) is 57.7 Å². The van der Waals surface area contributed by atoms with Gasteiger partial charge in [-0.15, -0.1) is 0 Å². The summed E-state index contributed by atoms with van der Waals surface area (Å²) in [5.74, 6) is -12.8. The number of unbranched alkanes of at least 4 members (excludes halogenated alkanes) is 1. The van der Waals surface area contributed by atoms with Crippen LogP contribution in [0.25, 0.3) is 0 Å². The van der Waals surface area contributed by atoms with Crippen LogP contribution in [-0.4, -0.2) is 25.7 Å². The van der Waals surface area contributed by atoms with Gasteiger partial charge in [0.15, 0.2) is 31.6 Å². The first kappa shape index (κ1) is 22.6. The second-order valence-corrected chi connectivity index (χ2v) is 11.6. The van der Waals surface area contributed by atoms with Crippen LogP contribution >= 0.6 is 0 Å². The monoisotopic (exact) mass is 398 g/mol. The second kappa shape index (κ2) is 8.94. The maximum atomic E-state index is 13.5. The van der Waals surface area contributed by atoms with Crippen molar-refractivity contribution in [1.29, 1.82) is 0 Å². The number of benzene rings is 1. The molecule has 0 saturated carbocycles. The zero-order valence-electron chi connectivity index (χ0n) is 15.1. The van der Waals surface area contributed by atoms with E-state index in [1.165, 1.54) is 0 Å². The number of ether oxygens (including phenoxy) is 1. The Morgan fingerprint density at radius 2 is 1.31 bits per heavy atom. The predicted molar refractivity (Wildman–Crippen MR) is 88.7 cm³/mol. The molecule has 0 radical (unpaired) electrons. The molecule has 0 aliphatic carbocycles. The van der Waals surface area contributed by atoms with E-state index in [2.05, 4.69) is 4.74 Å². The predicted octanol–water partition coefficient (Wildman–Crippen LogP) is 5.08. The highest BCUT2D eigenvalue weighted by Crippen LogP contribution is 2.34. The first-order valence-electron chi connectivity index (χ1n) is 8.36. The SMILES string of the molecule is CC(C)[Si](O)(CCCCOC(=O)c1c(F)c(F)c(F)c(F)c1F)C(C)C. The third-order valence-corrected chi connectivity index (χ3v) is 9.77. The molecule has 0 aliphatic rings. The molecule has 0 aromatic heterocycles. The summed E-state index contributed by atoms with van der Waals surface area (Å²) in [5.41, 5.74) is -1.33. The van der Waals surface area contributed by atoms with Crippen molar-refractivity contribution in [3.05, 3.63) is 34.6 Å². The molecule has 0 unspecified atom stereocenters. The molecule has 148 valence electrons. The summed E-state index contributed by atoms with van der Waals surface area (Å²) >= 11 is 0. The minimum Gasteiger partial charge on any atom is -0.462 e. The van der Waals surface area contributed by atoms with E-state index in [1.807, 2.05) is 27.7 Å². The Balaban J connectivity index is 2.67. The van der Waals surface area contributed by atoms with Gasteiger partial charge in [-0.3, -0.25) is 0 Å². The number of hydrogen-bond acceptors (Lipinski definition) is 3. The molecular formula is C17H23F5O3Si. The average Bonchev–Trinajstić information content (AvgIpc) is 2.57. The van der Waals surface area contributed by atoms with Gasteiger partial charge in [0, 0.05) is 0 Å². The quantitative estimate of drug-likeness (QED) is 0.166. The van der Waals surface area contributed by atoms with Gasteiger partial charge in [-0.25, -0.2) is 26.7 Å². The van der Waals surface area contributed by atoms with Crippen LogP contribution in [0.15, 0.2) is 0 Å². The average molecular weight is 398 g/mol. The van der Waals surface area contributed by atoms with Crippen LogP contribution in [-0.2, 0) is 4.74 Å². The van der Waals surface area contributed by atoms with Crippen molar-refractivity contribution in [2.75, 3.05) is 6.61 Å². The number of carbonyl (C=O) groups is 1. The standard InChI is InChI=1S/C17H23F5O3Si/c1-9(2)26(24,10(3)4)8-6-5-7-25-17(23)11-12(18)14(20)16(22)15(21)13(11)19/h9-10,24H,5-8H2,1-4H3. The van der Waals surface area contributed by atoms with E-state index in [-0.39, 0.29) is 17.7 Å². The molecule has 0 heterocycles. The molecule has 3 nitrogen and oxygen atoms in total. The molecular weight excluding hydrogens is 375 g/mol. The summed E-state index contributed by atoms with van der Waals surface area (Å²) in [7, 11) is -2.49. The summed E-state index contributed by atoms with van der Waals surface area (Å²) in [4.78, 5) is 22.4. The van der Waals surface area contributed by atoms with Crippen LogP contribution in [0.1, 0.15) is 50.9 Å². The van der Waals surface area contributed by atoms with Crippen LogP contribution in [0.5, 0.6) is 0 Å². The molecule has 1 N–H and O–H groups in total. The van der Waals surface area contributed by atoms with Gasteiger partial charge < -0.3 is 9.53 Å². The Bertz CT molecular complexity index is 627. The maximum absolute atomic E-state index is 13.5. The molecule has 0 amide bonds. The van der Waals surface area contributed by atoms with E-state index < -0.39 is 48.9 Å². The van der Waals surface area contributed by atoms with Gasteiger partial charge in [0.1, 0.15) is 5.56 Å². The van der Waals surface area contributed by atoms with Gasteiger partial charge in [-0.2, -0.15) is 0 Å². The zero-order valence-corrected chi connectivity index (χ0v) is 16.1. The zero-order chi connectivity index (χ0) is 20.2. The van der Waals surface area contributed by atoms with Crippen LogP contribution in [0, 0.1) is 29.1 Å². The lowest BCUT2D eigenvalue weighted by Gasteiger charge is -2.33. The van der Waals surface area contributed by atoms with Gasteiger partial charge in [0.25, 0.3) is 0 Å². The van der Waals surface area contributed by atoms with Crippen molar-refractivity contribution in [3.63, 3.8) is 0 Å². The fourth-order valence-corrected chi connectivity index (χ4v) is 6.08. The lowest BCUT2D eigenvalue weighted by Crippen LogP contribution is -2.41. The Kier molecular flexibility index (Phi) is 7.76. The minimum atomic E-state index is -2.49. The van der Waals surface area contributed by atoms with Crippen molar-refractivity contribution in [3.8, 4) is 0 Å². The molecule has 0 fully saturated rings. The Morgan fingerprint density at radius 1 is 0.885 bits per heavy atom. The highest BCUT2D eigenvalue weighted by Gasteiger charge is 2.37. The summed E-state index contributed by atoms with van der Waals surface area (Å²) in [6.45, 7) is 7.51. The lowest BCUT2D eigenvalue weighted by atomic mass is 10.1. The van der Waals surface area contributed by atoms with E-state index in [0.717, 1.165) is 0 Å². The first-order chi connectivity index (χ1) is 11.9. The topological polar surface area (TPSA) is 46.5 Å². The summed E-state index contributed by atoms with van der Waals surface area (Å²) in [5, 5.41) is 0. The van der Waals surface area contributed by atoms with Crippen LogP contribution in [0.3, 0.4) is 0 Å². The van der Waals surface area contributed by atoms with Gasteiger partial charge in [0.05, 0.1) is 6.61 Å². The van der Waals surface area contributed by atoms with E-state index >= 15 is 0 Å². The lowest BCUT2D eigenvalue weighted by molar-refractivity contribution is 0.0484. The summed E-state index contributed by atoms with van der Waals surface area (Å²) in [6.07, 6.45) is 0.819. The summed E-state index contributed by atoms with van der Waals surface area (Å²) < 4.78 is 70.8. The fourth-order valence-electron chi connectivity index (χ4n) is 2.78. The van der Waals surface area contributed by atoms with Crippen molar-refractivity contribution in [2.24, 2.45) is 0 Å². The number of rotatable bonds is 8. The van der Waals surface area contributed by atoms with E-state index in [0.29, 0.717) is 18.9 Å². The van der Waals surface area contributed by atoms with E-state index in [4.69, 9.17) is 0 Å². The number of halogens is 5. The largest absolute Gasteiger partial charge is 0.462 e. The number of esters is 1. The van der Waals surface area contributed by atoms with Gasteiger partial charge in [-0.1, -0.05) is 34.1 Å². The third-order valence-electron chi connectivity index (χ3n) is 4.62. The maximum Gasteiger partial charge on any atom is 0.344 e. The number of hydrogen-bond donors (Lipinski definition) is 1. The van der Waals surface area contributed by atoms with Crippen molar-refractivity contribution in [1.82, 2.24) is 0 Å². The molecule has 0 aliphatic heterocycles. The molecule has 1 aromatic rings.